The molecule has 1 aromatic heterocycles. The fourth-order valence-electron chi connectivity index (χ4n) is 3.84. The van der Waals surface area contributed by atoms with E-state index in [1.165, 1.54) is 12.1 Å². The molecule has 5 nitrogen and oxygen atoms in total. The van der Waals surface area contributed by atoms with E-state index in [0.717, 1.165) is 40.6 Å². The fourth-order valence-corrected chi connectivity index (χ4v) is 3.96. The number of rotatable bonds is 5. The fraction of sp³-hybridized carbons (Fsp3) is 0.304. The van der Waals surface area contributed by atoms with Crippen LogP contribution in [0.1, 0.15) is 12.0 Å². The van der Waals surface area contributed by atoms with Crippen LogP contribution in [0.5, 0.6) is 0 Å². The molecule has 1 amide bonds. The Balaban J connectivity index is 1.34. The zero-order valence-corrected chi connectivity index (χ0v) is 17.6. The molecule has 0 bridgehead atoms. The Labute approximate surface area is 180 Å². The molecule has 156 valence electrons. The van der Waals surface area contributed by atoms with Gasteiger partial charge in [-0.3, -0.25) is 9.48 Å². The van der Waals surface area contributed by atoms with Crippen molar-refractivity contribution in [3.05, 3.63) is 71.1 Å². The second-order valence-electron chi connectivity index (χ2n) is 7.53. The van der Waals surface area contributed by atoms with E-state index in [-0.39, 0.29) is 11.7 Å². The summed E-state index contributed by atoms with van der Waals surface area (Å²) in [5, 5.41) is 5.23. The van der Waals surface area contributed by atoms with Gasteiger partial charge in [-0.05, 0) is 60.5 Å². The molecule has 1 fully saturated rings. The van der Waals surface area contributed by atoms with Crippen LogP contribution in [0, 0.1) is 5.82 Å². The highest BCUT2D eigenvalue weighted by Crippen LogP contribution is 2.24. The number of halogens is 2. The lowest BCUT2D eigenvalue weighted by atomic mass is 10.0. The largest absolute Gasteiger partial charge is 0.368 e. The van der Waals surface area contributed by atoms with Gasteiger partial charge in [-0.15, -0.1) is 0 Å². The van der Waals surface area contributed by atoms with E-state index in [9.17, 15) is 9.18 Å². The van der Waals surface area contributed by atoms with E-state index < -0.39 is 0 Å². The van der Waals surface area contributed by atoms with E-state index in [1.807, 2.05) is 42.4 Å². The van der Waals surface area contributed by atoms with Crippen LogP contribution in [0.4, 0.5) is 10.1 Å². The molecule has 0 saturated carbocycles. The van der Waals surface area contributed by atoms with E-state index in [0.29, 0.717) is 25.9 Å². The van der Waals surface area contributed by atoms with Crippen LogP contribution < -0.4 is 4.90 Å². The van der Waals surface area contributed by atoms with Gasteiger partial charge in [0.1, 0.15) is 5.82 Å². The molecule has 1 aliphatic rings. The number of hydrogen-bond donors (Lipinski definition) is 0. The molecule has 3 aromatic rings. The number of benzene rings is 2. The zero-order valence-electron chi connectivity index (χ0n) is 16.9. The average Bonchev–Trinajstić information content (AvgIpc) is 3.14. The second-order valence-corrected chi connectivity index (χ2v) is 7.96. The number of nitrogens with zero attached hydrogens (tertiary/aromatic N) is 4. The van der Waals surface area contributed by atoms with Gasteiger partial charge in [-0.25, -0.2) is 4.39 Å². The standard InChI is InChI=1S/C23H24ClFN4O/c1-27-16-18(23(26-27)17-2-7-20(25)8-3-17)4-11-22(30)29-14-12-28(13-15-29)21-9-5-19(24)6-10-21/h2-3,5-10,16H,4,11-15H2,1H3. The number of amides is 1. The Morgan fingerprint density at radius 2 is 1.70 bits per heavy atom. The van der Waals surface area contributed by atoms with Crippen LogP contribution in [0.15, 0.2) is 54.7 Å². The Hall–Kier alpha value is -2.86. The highest BCUT2D eigenvalue weighted by Gasteiger charge is 2.22. The summed E-state index contributed by atoms with van der Waals surface area (Å²) >= 11 is 5.97. The lowest BCUT2D eigenvalue weighted by Gasteiger charge is -2.36. The molecule has 0 spiro atoms. The van der Waals surface area contributed by atoms with Gasteiger partial charge in [-0.1, -0.05) is 11.6 Å². The summed E-state index contributed by atoms with van der Waals surface area (Å²) in [6.07, 6.45) is 2.97. The predicted octanol–water partition coefficient (Wildman–Crippen LogP) is 4.16. The summed E-state index contributed by atoms with van der Waals surface area (Å²) in [6.45, 7) is 3.03. The molecule has 0 atom stereocenters. The summed E-state index contributed by atoms with van der Waals surface area (Å²) in [7, 11) is 1.86. The first-order valence-corrected chi connectivity index (χ1v) is 10.4. The second kappa shape index (κ2) is 8.88. The van der Waals surface area contributed by atoms with Crippen molar-refractivity contribution in [3.8, 4) is 11.3 Å². The average molecular weight is 427 g/mol. The van der Waals surface area contributed by atoms with Crippen molar-refractivity contribution in [1.82, 2.24) is 14.7 Å². The van der Waals surface area contributed by atoms with E-state index in [2.05, 4.69) is 10.00 Å². The summed E-state index contributed by atoms with van der Waals surface area (Å²) in [5.41, 5.74) is 3.79. The first-order valence-electron chi connectivity index (χ1n) is 10.1. The summed E-state index contributed by atoms with van der Waals surface area (Å²) < 4.78 is 15.0. The monoisotopic (exact) mass is 426 g/mol. The first kappa shape index (κ1) is 20.4. The number of anilines is 1. The maximum atomic E-state index is 13.2. The molecule has 1 aliphatic heterocycles. The van der Waals surface area contributed by atoms with Gasteiger partial charge in [0.2, 0.25) is 5.91 Å². The number of aryl methyl sites for hydroxylation is 2. The van der Waals surface area contributed by atoms with Crippen molar-refractivity contribution in [3.63, 3.8) is 0 Å². The molecule has 2 aromatic carbocycles. The van der Waals surface area contributed by atoms with Gasteiger partial charge in [-0.2, -0.15) is 5.10 Å². The van der Waals surface area contributed by atoms with Crippen LogP contribution in [0.25, 0.3) is 11.3 Å². The molecule has 0 aliphatic carbocycles. The molecule has 7 heteroatoms. The van der Waals surface area contributed by atoms with Crippen LogP contribution in [0.2, 0.25) is 5.02 Å². The Morgan fingerprint density at radius 1 is 1.03 bits per heavy atom. The van der Waals surface area contributed by atoms with Crippen molar-refractivity contribution in [2.75, 3.05) is 31.1 Å². The Morgan fingerprint density at radius 3 is 2.37 bits per heavy atom. The van der Waals surface area contributed by atoms with Crippen LogP contribution in [0.3, 0.4) is 0 Å². The highest BCUT2D eigenvalue weighted by molar-refractivity contribution is 6.30. The van der Waals surface area contributed by atoms with Gasteiger partial charge in [0.05, 0.1) is 5.69 Å². The molecule has 1 saturated heterocycles. The van der Waals surface area contributed by atoms with Crippen molar-refractivity contribution < 1.29 is 9.18 Å². The maximum absolute atomic E-state index is 13.2. The molecule has 0 radical (unpaired) electrons. The third-order valence-electron chi connectivity index (χ3n) is 5.45. The SMILES string of the molecule is Cn1cc(CCC(=O)N2CCN(c3ccc(Cl)cc3)CC2)c(-c2ccc(F)cc2)n1. The minimum atomic E-state index is -0.274. The minimum absolute atomic E-state index is 0.152. The summed E-state index contributed by atoms with van der Waals surface area (Å²) in [4.78, 5) is 17.0. The summed E-state index contributed by atoms with van der Waals surface area (Å²) in [5.74, 6) is -0.121. The summed E-state index contributed by atoms with van der Waals surface area (Å²) in [6, 6.07) is 14.1. The molecule has 0 N–H and O–H groups in total. The smallest absolute Gasteiger partial charge is 0.223 e. The van der Waals surface area contributed by atoms with Crippen LogP contribution in [-0.2, 0) is 18.3 Å². The highest BCUT2D eigenvalue weighted by atomic mass is 35.5. The number of aromatic nitrogens is 2. The van der Waals surface area contributed by atoms with Crippen LogP contribution >= 0.6 is 11.6 Å². The van der Waals surface area contributed by atoms with Gasteiger partial charge < -0.3 is 9.80 Å². The van der Waals surface area contributed by atoms with Crippen molar-refractivity contribution >= 4 is 23.2 Å². The van der Waals surface area contributed by atoms with Gasteiger partial charge in [0, 0.05) is 62.1 Å². The number of carbonyl (C=O) groups excluding carboxylic acids is 1. The number of hydrogen-bond acceptors (Lipinski definition) is 3. The quantitative estimate of drug-likeness (QED) is 0.615. The lowest BCUT2D eigenvalue weighted by molar-refractivity contribution is -0.131. The van der Waals surface area contributed by atoms with E-state index >= 15 is 0 Å². The third kappa shape index (κ3) is 4.65. The molecular formula is C23H24ClFN4O. The van der Waals surface area contributed by atoms with Crippen molar-refractivity contribution in [1.29, 1.82) is 0 Å². The van der Waals surface area contributed by atoms with Gasteiger partial charge >= 0.3 is 0 Å². The normalized spacial score (nSPS) is 14.2. The van der Waals surface area contributed by atoms with Gasteiger partial charge in [0.15, 0.2) is 0 Å². The molecule has 0 unspecified atom stereocenters. The number of carbonyl (C=O) groups is 1. The van der Waals surface area contributed by atoms with Gasteiger partial charge in [0.25, 0.3) is 0 Å². The molecule has 30 heavy (non-hydrogen) atoms. The Bertz CT molecular complexity index is 1010. The topological polar surface area (TPSA) is 41.4 Å². The number of piperazine rings is 1. The zero-order chi connectivity index (χ0) is 21.1. The van der Waals surface area contributed by atoms with E-state index in [4.69, 9.17) is 11.6 Å². The van der Waals surface area contributed by atoms with Crippen LogP contribution in [-0.4, -0.2) is 46.8 Å². The third-order valence-corrected chi connectivity index (χ3v) is 5.71. The first-order chi connectivity index (χ1) is 14.5. The molecule has 2 heterocycles. The molecule has 4 rings (SSSR count). The van der Waals surface area contributed by atoms with E-state index in [1.54, 1.807) is 16.8 Å². The maximum Gasteiger partial charge on any atom is 0.223 e. The lowest BCUT2D eigenvalue weighted by Crippen LogP contribution is -2.48. The van der Waals surface area contributed by atoms with Crippen molar-refractivity contribution in [2.24, 2.45) is 7.05 Å². The minimum Gasteiger partial charge on any atom is -0.368 e. The molecular weight excluding hydrogens is 403 g/mol. The van der Waals surface area contributed by atoms with Crippen molar-refractivity contribution in [2.45, 2.75) is 12.8 Å². The Kier molecular flexibility index (Phi) is 6.04. The predicted molar refractivity (Wildman–Crippen MR) is 117 cm³/mol.